The summed E-state index contributed by atoms with van der Waals surface area (Å²) in [4.78, 5) is 0. The molecule has 1 rings (SSSR count). The van der Waals surface area contributed by atoms with Crippen LogP contribution in [0.3, 0.4) is 0 Å². The Balaban J connectivity index is 2.27. The van der Waals surface area contributed by atoms with Crippen molar-refractivity contribution in [1.29, 1.82) is 0 Å². The normalized spacial score (nSPS) is 29.0. The molecule has 1 aliphatic rings. The summed E-state index contributed by atoms with van der Waals surface area (Å²) < 4.78 is 14.0. The molecule has 0 N–H and O–H groups in total. The van der Waals surface area contributed by atoms with E-state index in [2.05, 4.69) is 13.5 Å². The van der Waals surface area contributed by atoms with Crippen molar-refractivity contribution in [2.24, 2.45) is 11.8 Å². The average Bonchev–Trinajstić information content (AvgIpc) is 2.63. The number of rotatable bonds is 6. The summed E-state index contributed by atoms with van der Waals surface area (Å²) in [6, 6.07) is 0. The van der Waals surface area contributed by atoms with Gasteiger partial charge in [0.2, 0.25) is 0 Å². The number of hydrogen-bond acceptors (Lipinski definition) is 0. The van der Waals surface area contributed by atoms with Crippen LogP contribution >= 0.6 is 0 Å². The molecule has 1 saturated carbocycles. The molecule has 0 spiro atoms. The van der Waals surface area contributed by atoms with E-state index in [1.54, 1.807) is 13.8 Å². The van der Waals surface area contributed by atoms with Gasteiger partial charge in [-0.25, -0.2) is 4.39 Å². The van der Waals surface area contributed by atoms with E-state index < -0.39 is 5.67 Å². The minimum Gasteiger partial charge on any atom is -0.239 e. The van der Waals surface area contributed by atoms with Crippen LogP contribution in [0.5, 0.6) is 0 Å². The molecule has 0 amide bonds. The van der Waals surface area contributed by atoms with Gasteiger partial charge in [0.15, 0.2) is 0 Å². The van der Waals surface area contributed by atoms with Crippen LogP contribution in [0.1, 0.15) is 65.7 Å². The monoisotopic (exact) mass is 226 g/mol. The lowest BCUT2D eigenvalue weighted by atomic mass is 9.89. The first-order chi connectivity index (χ1) is 7.45. The van der Waals surface area contributed by atoms with Gasteiger partial charge in [0, 0.05) is 0 Å². The maximum Gasteiger partial charge on any atom is 0.128 e. The Hall–Kier alpha value is -0.330. The molecule has 0 aliphatic heterocycles. The number of hydrogen-bond donors (Lipinski definition) is 0. The molecule has 0 heterocycles. The van der Waals surface area contributed by atoms with E-state index in [9.17, 15) is 4.39 Å². The zero-order chi connectivity index (χ0) is 12.2. The molecule has 0 saturated heterocycles. The highest BCUT2D eigenvalue weighted by atomic mass is 19.1. The molecule has 94 valence electrons. The molecule has 0 nitrogen and oxygen atoms in total. The predicted molar refractivity (Wildman–Crippen MR) is 69.3 cm³/mol. The molecule has 0 radical (unpaired) electrons. The molecule has 0 aromatic rings. The topological polar surface area (TPSA) is 0 Å². The van der Waals surface area contributed by atoms with Crippen LogP contribution in [0.2, 0.25) is 0 Å². The van der Waals surface area contributed by atoms with Crippen LogP contribution in [-0.2, 0) is 0 Å². The number of allylic oxidation sites excluding steroid dienone is 1. The fraction of sp³-hybridized carbons (Fsp3) is 0.867. The van der Waals surface area contributed by atoms with Gasteiger partial charge in [0.1, 0.15) is 5.67 Å². The summed E-state index contributed by atoms with van der Waals surface area (Å²) in [5.74, 6) is 1.69. The summed E-state index contributed by atoms with van der Waals surface area (Å²) in [5, 5.41) is 0. The van der Waals surface area contributed by atoms with Crippen LogP contribution in [0.15, 0.2) is 12.2 Å². The molecule has 3 unspecified atom stereocenters. The standard InChI is InChI=1S/C15H27F/c1-5-6-13-7-8-14(11-13)9-10-15(4,16)12(2)3/h13-14H,2,5-11H2,1,3-4H3. The average molecular weight is 226 g/mol. The molecule has 3 atom stereocenters. The summed E-state index contributed by atoms with van der Waals surface area (Å²) in [6.45, 7) is 9.47. The van der Waals surface area contributed by atoms with Gasteiger partial charge in [-0.05, 0) is 50.5 Å². The minimum atomic E-state index is -1.15. The molecule has 0 aromatic carbocycles. The van der Waals surface area contributed by atoms with Gasteiger partial charge in [-0.2, -0.15) is 0 Å². The molecular weight excluding hydrogens is 199 g/mol. The first-order valence-corrected chi connectivity index (χ1v) is 6.80. The van der Waals surface area contributed by atoms with Crippen molar-refractivity contribution in [2.45, 2.75) is 71.4 Å². The second kappa shape index (κ2) is 5.84. The van der Waals surface area contributed by atoms with Gasteiger partial charge in [-0.3, -0.25) is 0 Å². The summed E-state index contributed by atoms with van der Waals surface area (Å²) >= 11 is 0. The molecular formula is C15H27F. The van der Waals surface area contributed by atoms with Crippen LogP contribution in [-0.4, -0.2) is 5.67 Å². The fourth-order valence-electron chi connectivity index (χ4n) is 2.80. The third-order valence-corrected chi connectivity index (χ3v) is 4.26. The molecule has 1 fully saturated rings. The van der Waals surface area contributed by atoms with E-state index >= 15 is 0 Å². The molecule has 1 heteroatoms. The van der Waals surface area contributed by atoms with E-state index in [4.69, 9.17) is 0 Å². The third kappa shape index (κ3) is 3.92. The van der Waals surface area contributed by atoms with Crippen LogP contribution in [0.4, 0.5) is 4.39 Å². The fourth-order valence-corrected chi connectivity index (χ4v) is 2.80. The highest BCUT2D eigenvalue weighted by Crippen LogP contribution is 2.38. The van der Waals surface area contributed by atoms with Crippen molar-refractivity contribution in [1.82, 2.24) is 0 Å². The van der Waals surface area contributed by atoms with Gasteiger partial charge in [-0.15, -0.1) is 0 Å². The Labute approximate surface area is 100 Å². The lowest BCUT2D eigenvalue weighted by Crippen LogP contribution is -2.20. The quantitative estimate of drug-likeness (QED) is 0.540. The predicted octanol–water partition coefficient (Wildman–Crippen LogP) is 5.29. The summed E-state index contributed by atoms with van der Waals surface area (Å²) in [5.41, 5.74) is -0.473. The molecule has 16 heavy (non-hydrogen) atoms. The highest BCUT2D eigenvalue weighted by molar-refractivity contribution is 5.07. The van der Waals surface area contributed by atoms with Crippen LogP contribution in [0.25, 0.3) is 0 Å². The first kappa shape index (κ1) is 13.7. The van der Waals surface area contributed by atoms with Crippen molar-refractivity contribution in [3.05, 3.63) is 12.2 Å². The Bertz CT molecular complexity index is 230. The van der Waals surface area contributed by atoms with Gasteiger partial charge >= 0.3 is 0 Å². The Morgan fingerprint density at radius 1 is 1.31 bits per heavy atom. The lowest BCUT2D eigenvalue weighted by Gasteiger charge is -2.22. The SMILES string of the molecule is C=C(C)C(C)(F)CCC1CCC(CCC)C1. The zero-order valence-electron chi connectivity index (χ0n) is 11.2. The van der Waals surface area contributed by atoms with E-state index in [0.717, 1.165) is 18.3 Å². The second-order valence-electron chi connectivity index (χ2n) is 5.85. The lowest BCUT2D eigenvalue weighted by molar-refractivity contribution is 0.205. The molecule has 1 aliphatic carbocycles. The summed E-state index contributed by atoms with van der Waals surface area (Å²) in [6.07, 6.45) is 8.38. The van der Waals surface area contributed by atoms with Crippen molar-refractivity contribution < 1.29 is 4.39 Å². The zero-order valence-corrected chi connectivity index (χ0v) is 11.2. The van der Waals surface area contributed by atoms with Crippen molar-refractivity contribution >= 4 is 0 Å². The van der Waals surface area contributed by atoms with Crippen molar-refractivity contribution in [2.75, 3.05) is 0 Å². The maximum absolute atomic E-state index is 14.0. The van der Waals surface area contributed by atoms with Gasteiger partial charge in [-0.1, -0.05) is 39.2 Å². The van der Waals surface area contributed by atoms with E-state index in [0.29, 0.717) is 12.0 Å². The maximum atomic E-state index is 14.0. The Morgan fingerprint density at radius 3 is 2.38 bits per heavy atom. The first-order valence-electron chi connectivity index (χ1n) is 6.80. The van der Waals surface area contributed by atoms with Gasteiger partial charge in [0.05, 0.1) is 0 Å². The largest absolute Gasteiger partial charge is 0.239 e. The smallest absolute Gasteiger partial charge is 0.128 e. The van der Waals surface area contributed by atoms with Crippen molar-refractivity contribution in [3.63, 3.8) is 0 Å². The Morgan fingerprint density at radius 2 is 1.88 bits per heavy atom. The van der Waals surface area contributed by atoms with Crippen LogP contribution < -0.4 is 0 Å². The summed E-state index contributed by atoms with van der Waals surface area (Å²) in [7, 11) is 0. The molecule has 0 aromatic heterocycles. The van der Waals surface area contributed by atoms with E-state index in [1.807, 2.05) is 0 Å². The van der Waals surface area contributed by atoms with Crippen LogP contribution in [0, 0.1) is 11.8 Å². The third-order valence-electron chi connectivity index (χ3n) is 4.26. The Kier molecular flexibility index (Phi) is 5.01. The van der Waals surface area contributed by atoms with Gasteiger partial charge < -0.3 is 0 Å². The molecule has 0 bridgehead atoms. The number of alkyl halides is 1. The van der Waals surface area contributed by atoms with Crippen molar-refractivity contribution in [3.8, 4) is 0 Å². The number of halogens is 1. The van der Waals surface area contributed by atoms with Gasteiger partial charge in [0.25, 0.3) is 0 Å². The second-order valence-corrected chi connectivity index (χ2v) is 5.85. The van der Waals surface area contributed by atoms with E-state index in [-0.39, 0.29) is 0 Å². The van der Waals surface area contributed by atoms with E-state index in [1.165, 1.54) is 32.1 Å². The minimum absolute atomic E-state index is 0.659. The highest BCUT2D eigenvalue weighted by Gasteiger charge is 2.29.